The third-order valence-electron chi connectivity index (χ3n) is 7.44. The molecule has 1 amide bonds. The molecule has 1 atom stereocenters. The summed E-state index contributed by atoms with van der Waals surface area (Å²) in [7, 11) is 0. The van der Waals surface area contributed by atoms with Gasteiger partial charge >= 0.3 is 0 Å². The molecule has 6 nitrogen and oxygen atoms in total. The van der Waals surface area contributed by atoms with Crippen LogP contribution in [0.2, 0.25) is 5.02 Å². The van der Waals surface area contributed by atoms with E-state index in [0.717, 1.165) is 78.1 Å². The fourth-order valence-corrected chi connectivity index (χ4v) is 5.93. The lowest BCUT2D eigenvalue weighted by Crippen LogP contribution is -2.46. The minimum Gasteiger partial charge on any atom is -0.370 e. The average molecular weight is 565 g/mol. The summed E-state index contributed by atoms with van der Waals surface area (Å²) in [6.07, 6.45) is 5.76. The van der Waals surface area contributed by atoms with Gasteiger partial charge < -0.3 is 10.2 Å². The Kier molecular flexibility index (Phi) is 6.21. The van der Waals surface area contributed by atoms with Gasteiger partial charge in [-0.05, 0) is 59.2 Å². The molecule has 184 valence electrons. The summed E-state index contributed by atoms with van der Waals surface area (Å²) < 4.78 is 2.63. The number of nitrogens with one attached hydrogen (secondary N) is 1. The zero-order valence-corrected chi connectivity index (χ0v) is 22.2. The Morgan fingerprint density at radius 1 is 1.14 bits per heavy atom. The molecule has 1 aliphatic heterocycles. The van der Waals surface area contributed by atoms with Crippen LogP contribution in [-0.4, -0.2) is 45.0 Å². The number of aromatic nitrogens is 3. The van der Waals surface area contributed by atoms with E-state index in [0.29, 0.717) is 16.8 Å². The smallest absolute Gasteiger partial charge is 0.233 e. The molecule has 0 radical (unpaired) electrons. The SMILES string of the molecule is O=C(N1CCCC(CNc2cc(-c3ccccc3Cl)nc3c(Br)cnn23)C1)C1(c2ccccc2)CC1. The number of amides is 1. The predicted octanol–water partition coefficient (Wildman–Crippen LogP) is 6.19. The Bertz CT molecular complexity index is 1420. The van der Waals surface area contributed by atoms with E-state index >= 15 is 0 Å². The summed E-state index contributed by atoms with van der Waals surface area (Å²) in [5.74, 6) is 1.51. The summed E-state index contributed by atoms with van der Waals surface area (Å²) in [6, 6.07) is 20.0. The largest absolute Gasteiger partial charge is 0.370 e. The van der Waals surface area contributed by atoms with Crippen LogP contribution in [0.1, 0.15) is 31.2 Å². The summed E-state index contributed by atoms with van der Waals surface area (Å²) in [4.78, 5) is 20.5. The molecule has 2 aromatic heterocycles. The molecule has 2 fully saturated rings. The molecule has 8 heteroatoms. The monoisotopic (exact) mass is 563 g/mol. The Labute approximate surface area is 223 Å². The second kappa shape index (κ2) is 9.52. The van der Waals surface area contributed by atoms with E-state index in [2.05, 4.69) is 43.4 Å². The van der Waals surface area contributed by atoms with E-state index in [1.54, 1.807) is 6.20 Å². The molecule has 3 heterocycles. The van der Waals surface area contributed by atoms with Crippen molar-refractivity contribution in [2.24, 2.45) is 5.92 Å². The average Bonchev–Trinajstić information content (AvgIpc) is 3.65. The Balaban J connectivity index is 1.20. The van der Waals surface area contributed by atoms with Crippen LogP contribution in [0.15, 0.2) is 71.3 Å². The van der Waals surface area contributed by atoms with Gasteiger partial charge in [0.15, 0.2) is 5.65 Å². The molecule has 6 rings (SSSR count). The molecular weight excluding hydrogens is 538 g/mol. The van der Waals surface area contributed by atoms with Gasteiger partial charge in [-0.1, -0.05) is 60.1 Å². The molecule has 1 unspecified atom stereocenters. The van der Waals surface area contributed by atoms with E-state index in [4.69, 9.17) is 16.6 Å². The lowest BCUT2D eigenvalue weighted by atomic mass is 9.91. The van der Waals surface area contributed by atoms with Crippen LogP contribution in [0.5, 0.6) is 0 Å². The standard InChI is InChI=1S/C28H27BrClN5O/c29-22-17-32-35-25(15-24(33-26(22)35)21-10-4-5-11-23(21)30)31-16-19-7-6-14-34(18-19)27(36)28(12-13-28)20-8-2-1-3-9-20/h1-5,8-11,15,17,19,31H,6-7,12-14,16,18H2. The van der Waals surface area contributed by atoms with Gasteiger partial charge in [-0.25, -0.2) is 4.98 Å². The van der Waals surface area contributed by atoms with E-state index in [1.807, 2.05) is 53.0 Å². The maximum atomic E-state index is 13.6. The zero-order chi connectivity index (χ0) is 24.7. The molecule has 2 aromatic carbocycles. The molecule has 1 aliphatic carbocycles. The number of carbonyl (C=O) groups excluding carboxylic acids is 1. The number of anilines is 1. The fourth-order valence-electron chi connectivity index (χ4n) is 5.34. The Morgan fingerprint density at radius 2 is 1.92 bits per heavy atom. The molecule has 0 bridgehead atoms. The summed E-state index contributed by atoms with van der Waals surface area (Å²) in [5.41, 5.74) is 3.25. The highest BCUT2D eigenvalue weighted by Crippen LogP contribution is 2.50. The summed E-state index contributed by atoms with van der Waals surface area (Å²) in [5, 5.41) is 8.77. The van der Waals surface area contributed by atoms with Crippen LogP contribution in [0.4, 0.5) is 5.82 Å². The number of rotatable bonds is 6. The van der Waals surface area contributed by atoms with E-state index in [1.165, 1.54) is 0 Å². The predicted molar refractivity (Wildman–Crippen MR) is 146 cm³/mol. The number of halogens is 2. The van der Waals surface area contributed by atoms with Gasteiger partial charge in [0.05, 0.1) is 21.8 Å². The molecule has 4 aromatic rings. The van der Waals surface area contributed by atoms with Crippen molar-refractivity contribution in [3.05, 3.63) is 81.9 Å². The maximum absolute atomic E-state index is 13.6. The maximum Gasteiger partial charge on any atom is 0.233 e. The summed E-state index contributed by atoms with van der Waals surface area (Å²) >= 11 is 10.0. The molecule has 0 spiro atoms. The summed E-state index contributed by atoms with van der Waals surface area (Å²) in [6.45, 7) is 2.36. The van der Waals surface area contributed by atoms with Crippen LogP contribution in [0.3, 0.4) is 0 Å². The van der Waals surface area contributed by atoms with Gasteiger partial charge in [0.2, 0.25) is 5.91 Å². The van der Waals surface area contributed by atoms with Crippen molar-refractivity contribution in [3.63, 3.8) is 0 Å². The van der Waals surface area contributed by atoms with Crippen molar-refractivity contribution in [1.82, 2.24) is 19.5 Å². The van der Waals surface area contributed by atoms with Crippen molar-refractivity contribution >= 4 is 44.9 Å². The first-order valence-electron chi connectivity index (χ1n) is 12.4. The van der Waals surface area contributed by atoms with Gasteiger partial charge in [0, 0.05) is 36.3 Å². The van der Waals surface area contributed by atoms with Crippen LogP contribution < -0.4 is 5.32 Å². The third-order valence-corrected chi connectivity index (χ3v) is 8.33. The molecule has 1 saturated carbocycles. The van der Waals surface area contributed by atoms with Crippen molar-refractivity contribution in [2.45, 2.75) is 31.1 Å². The van der Waals surface area contributed by atoms with E-state index in [9.17, 15) is 4.79 Å². The van der Waals surface area contributed by atoms with Gasteiger partial charge in [-0.15, -0.1) is 0 Å². The van der Waals surface area contributed by atoms with Crippen LogP contribution in [-0.2, 0) is 10.2 Å². The van der Waals surface area contributed by atoms with Crippen LogP contribution in [0.25, 0.3) is 16.9 Å². The van der Waals surface area contributed by atoms with Gasteiger partial charge in [0.25, 0.3) is 0 Å². The minimum atomic E-state index is -0.307. The minimum absolute atomic E-state index is 0.293. The number of piperidine rings is 1. The number of carbonyl (C=O) groups is 1. The Hall–Kier alpha value is -2.90. The molecule has 1 saturated heterocycles. The molecular formula is C28H27BrClN5O. The Morgan fingerprint density at radius 3 is 2.69 bits per heavy atom. The van der Waals surface area contributed by atoms with E-state index < -0.39 is 0 Å². The van der Waals surface area contributed by atoms with Crippen molar-refractivity contribution < 1.29 is 4.79 Å². The lowest BCUT2D eigenvalue weighted by Gasteiger charge is -2.35. The number of benzene rings is 2. The normalized spacial score (nSPS) is 18.8. The first kappa shape index (κ1) is 23.5. The lowest BCUT2D eigenvalue weighted by molar-refractivity contribution is -0.135. The topological polar surface area (TPSA) is 62.5 Å². The fraction of sp³-hybridized carbons (Fsp3) is 0.321. The number of fused-ring (bicyclic) bond motifs is 1. The second-order valence-electron chi connectivity index (χ2n) is 9.82. The van der Waals surface area contributed by atoms with Gasteiger partial charge in [-0.2, -0.15) is 9.61 Å². The van der Waals surface area contributed by atoms with Crippen LogP contribution in [0, 0.1) is 5.92 Å². The second-order valence-corrected chi connectivity index (χ2v) is 11.1. The number of hydrogen-bond acceptors (Lipinski definition) is 4. The highest BCUT2D eigenvalue weighted by molar-refractivity contribution is 9.10. The van der Waals surface area contributed by atoms with E-state index in [-0.39, 0.29) is 5.41 Å². The highest BCUT2D eigenvalue weighted by Gasteiger charge is 2.53. The molecule has 1 N–H and O–H groups in total. The zero-order valence-electron chi connectivity index (χ0n) is 19.8. The highest BCUT2D eigenvalue weighted by atomic mass is 79.9. The number of nitrogens with zero attached hydrogens (tertiary/aromatic N) is 4. The molecule has 2 aliphatic rings. The number of likely N-dealkylation sites (tertiary alicyclic amines) is 1. The third kappa shape index (κ3) is 4.28. The van der Waals surface area contributed by atoms with Crippen molar-refractivity contribution in [3.8, 4) is 11.3 Å². The van der Waals surface area contributed by atoms with Crippen molar-refractivity contribution in [1.29, 1.82) is 0 Å². The number of hydrogen-bond donors (Lipinski definition) is 1. The quantitative estimate of drug-likeness (QED) is 0.303. The van der Waals surface area contributed by atoms with Crippen molar-refractivity contribution in [2.75, 3.05) is 25.0 Å². The van der Waals surface area contributed by atoms with Gasteiger partial charge in [-0.3, -0.25) is 4.79 Å². The van der Waals surface area contributed by atoms with Crippen LogP contribution >= 0.6 is 27.5 Å². The van der Waals surface area contributed by atoms with Gasteiger partial charge in [0.1, 0.15) is 5.82 Å². The first-order valence-corrected chi connectivity index (χ1v) is 13.6. The molecule has 36 heavy (non-hydrogen) atoms. The first-order chi connectivity index (χ1) is 17.5.